The van der Waals surface area contributed by atoms with Crippen molar-refractivity contribution >= 4 is 17.6 Å². The summed E-state index contributed by atoms with van der Waals surface area (Å²) in [6.07, 6.45) is 0.0645. The maximum atomic E-state index is 10.8. The number of nitrogens with zero attached hydrogens (tertiary/aromatic N) is 1. The summed E-state index contributed by atoms with van der Waals surface area (Å²) in [4.78, 5) is 12.9. The molecule has 3 rings (SSSR count). The van der Waals surface area contributed by atoms with E-state index in [1.165, 1.54) is 0 Å². The molecule has 5 nitrogen and oxygen atoms in total. The van der Waals surface area contributed by atoms with Gasteiger partial charge in [-0.3, -0.25) is 9.69 Å². The molecule has 1 saturated heterocycles. The lowest BCUT2D eigenvalue weighted by Crippen LogP contribution is -2.39. The maximum absolute atomic E-state index is 10.8. The Morgan fingerprint density at radius 2 is 2.12 bits per heavy atom. The molecule has 0 amide bonds. The molecule has 0 spiro atoms. The first kappa shape index (κ1) is 18.7. The van der Waals surface area contributed by atoms with Crippen LogP contribution < -0.4 is 4.74 Å². The molecule has 1 fully saturated rings. The number of carboxylic acids is 1. The molecular formula is C20H22ClNO4. The fourth-order valence-corrected chi connectivity index (χ4v) is 3.13. The van der Waals surface area contributed by atoms with Gasteiger partial charge in [-0.25, -0.2) is 0 Å². The van der Waals surface area contributed by atoms with E-state index in [0.717, 1.165) is 23.4 Å². The van der Waals surface area contributed by atoms with E-state index < -0.39 is 5.97 Å². The lowest BCUT2D eigenvalue weighted by atomic mass is 10.1. The zero-order chi connectivity index (χ0) is 18.4. The van der Waals surface area contributed by atoms with Crippen LogP contribution >= 0.6 is 11.6 Å². The highest BCUT2D eigenvalue weighted by Gasteiger charge is 2.22. The van der Waals surface area contributed by atoms with Gasteiger partial charge in [0.2, 0.25) is 0 Å². The SMILES string of the molecule is O=C(O)CCN1CCO[C@H](c2cccc(OCc3ccccc3Cl)c2)C1. The number of carboxylic acid groups (broad SMARTS) is 1. The van der Waals surface area contributed by atoms with E-state index in [1.807, 2.05) is 48.5 Å². The second-order valence-corrected chi connectivity index (χ2v) is 6.66. The third-order valence-electron chi connectivity index (χ3n) is 4.37. The predicted octanol–water partition coefficient (Wildman–Crippen LogP) is 3.77. The predicted molar refractivity (Wildman–Crippen MR) is 99.6 cm³/mol. The Hall–Kier alpha value is -2.08. The number of aliphatic carboxylic acids is 1. The van der Waals surface area contributed by atoms with Crippen molar-refractivity contribution in [2.75, 3.05) is 26.2 Å². The van der Waals surface area contributed by atoms with Gasteiger partial charge in [-0.15, -0.1) is 0 Å². The van der Waals surface area contributed by atoms with Crippen LogP contribution in [0.3, 0.4) is 0 Å². The van der Waals surface area contributed by atoms with Crippen molar-refractivity contribution in [3.05, 3.63) is 64.7 Å². The number of halogens is 1. The number of carbonyl (C=O) groups is 1. The Morgan fingerprint density at radius 1 is 1.27 bits per heavy atom. The van der Waals surface area contributed by atoms with E-state index in [9.17, 15) is 4.79 Å². The summed E-state index contributed by atoms with van der Waals surface area (Å²) in [6.45, 7) is 2.97. The quantitative estimate of drug-likeness (QED) is 0.798. The Bertz CT molecular complexity index is 752. The number of hydrogen-bond donors (Lipinski definition) is 1. The van der Waals surface area contributed by atoms with Crippen LogP contribution in [0.1, 0.15) is 23.7 Å². The fraction of sp³-hybridized carbons (Fsp3) is 0.350. The summed E-state index contributed by atoms with van der Waals surface area (Å²) < 4.78 is 11.8. The van der Waals surface area contributed by atoms with E-state index in [-0.39, 0.29) is 12.5 Å². The normalized spacial score (nSPS) is 17.8. The van der Waals surface area contributed by atoms with Crippen molar-refractivity contribution in [2.24, 2.45) is 0 Å². The van der Waals surface area contributed by atoms with Crippen LogP contribution in [0.5, 0.6) is 5.75 Å². The van der Waals surface area contributed by atoms with Crippen LogP contribution in [0.15, 0.2) is 48.5 Å². The number of hydrogen-bond acceptors (Lipinski definition) is 4. The molecule has 0 radical (unpaired) electrons. The number of morpholine rings is 1. The highest BCUT2D eigenvalue weighted by Crippen LogP contribution is 2.26. The minimum Gasteiger partial charge on any atom is -0.489 e. The fourth-order valence-electron chi connectivity index (χ4n) is 2.94. The summed E-state index contributed by atoms with van der Waals surface area (Å²) in [7, 11) is 0. The molecule has 1 aliphatic rings. The van der Waals surface area contributed by atoms with Crippen LogP contribution in [0.4, 0.5) is 0 Å². The molecule has 1 heterocycles. The number of benzene rings is 2. The second-order valence-electron chi connectivity index (χ2n) is 6.26. The van der Waals surface area contributed by atoms with Crippen LogP contribution in [0.25, 0.3) is 0 Å². The monoisotopic (exact) mass is 375 g/mol. The molecular weight excluding hydrogens is 354 g/mol. The third-order valence-corrected chi connectivity index (χ3v) is 4.74. The van der Waals surface area contributed by atoms with E-state index in [4.69, 9.17) is 26.2 Å². The van der Waals surface area contributed by atoms with Gasteiger partial charge in [-0.1, -0.05) is 41.9 Å². The molecule has 26 heavy (non-hydrogen) atoms. The van der Waals surface area contributed by atoms with Crippen LogP contribution in [0, 0.1) is 0 Å². The molecule has 0 aliphatic carbocycles. The summed E-state index contributed by atoms with van der Waals surface area (Å²) in [5, 5.41) is 9.54. The molecule has 138 valence electrons. The molecule has 1 aliphatic heterocycles. The summed E-state index contributed by atoms with van der Waals surface area (Å²) in [5.41, 5.74) is 1.97. The van der Waals surface area contributed by atoms with Gasteiger partial charge in [0.05, 0.1) is 19.1 Å². The number of rotatable bonds is 7. The minimum atomic E-state index is -0.775. The average molecular weight is 376 g/mol. The van der Waals surface area contributed by atoms with E-state index >= 15 is 0 Å². The van der Waals surface area contributed by atoms with Gasteiger partial charge in [0.25, 0.3) is 0 Å². The Balaban J connectivity index is 1.61. The topological polar surface area (TPSA) is 59.0 Å². The standard InChI is InChI=1S/C20H22ClNO4/c21-18-7-2-1-4-16(18)14-26-17-6-3-5-15(12-17)19-13-22(10-11-25-19)9-8-20(23)24/h1-7,12,19H,8-11,13-14H2,(H,23,24)/t19-/m0/s1. The number of ether oxygens (including phenoxy) is 2. The summed E-state index contributed by atoms with van der Waals surface area (Å²) >= 11 is 6.16. The molecule has 0 aromatic heterocycles. The van der Waals surface area contributed by atoms with Gasteiger partial charge >= 0.3 is 5.97 Å². The summed E-state index contributed by atoms with van der Waals surface area (Å²) in [5.74, 6) is -0.0170. The lowest BCUT2D eigenvalue weighted by Gasteiger charge is -2.32. The Labute approximate surface area is 158 Å². The van der Waals surface area contributed by atoms with Crippen molar-refractivity contribution < 1.29 is 19.4 Å². The summed E-state index contributed by atoms with van der Waals surface area (Å²) in [6, 6.07) is 15.4. The molecule has 1 atom stereocenters. The van der Waals surface area contributed by atoms with E-state index in [1.54, 1.807) is 0 Å². The molecule has 1 N–H and O–H groups in total. The molecule has 0 saturated carbocycles. The highest BCUT2D eigenvalue weighted by molar-refractivity contribution is 6.31. The van der Waals surface area contributed by atoms with Gasteiger partial charge in [0.15, 0.2) is 0 Å². The van der Waals surface area contributed by atoms with Crippen molar-refractivity contribution in [1.82, 2.24) is 4.90 Å². The maximum Gasteiger partial charge on any atom is 0.304 e. The van der Waals surface area contributed by atoms with Gasteiger partial charge in [-0.05, 0) is 23.8 Å². The molecule has 0 bridgehead atoms. The highest BCUT2D eigenvalue weighted by atomic mass is 35.5. The van der Waals surface area contributed by atoms with Gasteiger partial charge in [-0.2, -0.15) is 0 Å². The van der Waals surface area contributed by atoms with Gasteiger partial charge < -0.3 is 14.6 Å². The first-order valence-corrected chi connectivity index (χ1v) is 9.01. The second kappa shape index (κ2) is 9.03. The van der Waals surface area contributed by atoms with E-state index in [2.05, 4.69) is 4.90 Å². The van der Waals surface area contributed by atoms with Crippen molar-refractivity contribution in [3.63, 3.8) is 0 Å². The van der Waals surface area contributed by atoms with Gasteiger partial charge in [0.1, 0.15) is 12.4 Å². The van der Waals surface area contributed by atoms with Crippen molar-refractivity contribution in [3.8, 4) is 5.75 Å². The van der Waals surface area contributed by atoms with E-state index in [0.29, 0.717) is 31.3 Å². The van der Waals surface area contributed by atoms with Crippen molar-refractivity contribution in [2.45, 2.75) is 19.1 Å². The third kappa shape index (κ3) is 5.21. The van der Waals surface area contributed by atoms with Gasteiger partial charge in [0, 0.05) is 30.2 Å². The van der Waals surface area contributed by atoms with Crippen LogP contribution in [-0.4, -0.2) is 42.2 Å². The first-order chi connectivity index (χ1) is 12.6. The van der Waals surface area contributed by atoms with Crippen LogP contribution in [-0.2, 0) is 16.1 Å². The van der Waals surface area contributed by atoms with Crippen LogP contribution in [0.2, 0.25) is 5.02 Å². The molecule has 2 aromatic carbocycles. The average Bonchev–Trinajstić information content (AvgIpc) is 2.66. The largest absolute Gasteiger partial charge is 0.489 e. The Kier molecular flexibility index (Phi) is 6.50. The zero-order valence-electron chi connectivity index (χ0n) is 14.4. The van der Waals surface area contributed by atoms with Crippen molar-refractivity contribution in [1.29, 1.82) is 0 Å². The first-order valence-electron chi connectivity index (χ1n) is 8.64. The zero-order valence-corrected chi connectivity index (χ0v) is 15.2. The molecule has 6 heteroatoms. The smallest absolute Gasteiger partial charge is 0.304 e. The minimum absolute atomic E-state index is 0.0820. The Morgan fingerprint density at radius 3 is 2.92 bits per heavy atom. The lowest BCUT2D eigenvalue weighted by molar-refractivity contribution is -0.137. The molecule has 2 aromatic rings. The molecule has 0 unspecified atom stereocenters.